The van der Waals surface area contributed by atoms with E-state index < -0.39 is 10.0 Å². The number of hydrogen-bond donors (Lipinski definition) is 0. The lowest BCUT2D eigenvalue weighted by Crippen LogP contribution is -2.25. The minimum Gasteiger partial charge on any atom is -0.256 e. The maximum atomic E-state index is 11.2. The summed E-state index contributed by atoms with van der Waals surface area (Å²) in [5, 5.41) is 0.878. The Kier molecular flexibility index (Phi) is 2.63. The fourth-order valence-electron chi connectivity index (χ4n) is 0.967. The molecule has 1 heterocycles. The molecule has 0 aromatic carbocycles. The molecule has 0 N–H and O–H groups in total. The molecule has 1 rings (SSSR count). The number of nitrogens with zero attached hydrogens (tertiary/aromatic N) is 2. The third-order valence-electron chi connectivity index (χ3n) is 1.67. The van der Waals surface area contributed by atoms with Crippen molar-refractivity contribution in [2.24, 2.45) is 0 Å². The Bertz CT molecular complexity index is 408. The van der Waals surface area contributed by atoms with Gasteiger partial charge in [-0.2, -0.15) is 0 Å². The van der Waals surface area contributed by atoms with Gasteiger partial charge in [-0.1, -0.05) is 0 Å². The van der Waals surface area contributed by atoms with E-state index in [1.807, 2.05) is 13.8 Å². The van der Waals surface area contributed by atoms with Crippen molar-refractivity contribution in [1.82, 2.24) is 4.98 Å². The number of sulfonamides is 1. The maximum Gasteiger partial charge on any atom is 0.233 e. The van der Waals surface area contributed by atoms with Gasteiger partial charge in [-0.05, 0) is 13.8 Å². The van der Waals surface area contributed by atoms with E-state index in [1.54, 1.807) is 0 Å². The van der Waals surface area contributed by atoms with E-state index in [9.17, 15) is 8.42 Å². The number of hydrogen-bond acceptors (Lipinski definition) is 4. The minimum atomic E-state index is -3.19. The van der Waals surface area contributed by atoms with Crippen molar-refractivity contribution < 1.29 is 8.42 Å². The largest absolute Gasteiger partial charge is 0.256 e. The van der Waals surface area contributed by atoms with Crippen molar-refractivity contribution >= 4 is 27.2 Å². The number of anilines is 1. The van der Waals surface area contributed by atoms with E-state index in [2.05, 4.69) is 4.98 Å². The fourth-order valence-corrected chi connectivity index (χ4v) is 2.37. The molecular weight excluding hydrogens is 208 g/mol. The van der Waals surface area contributed by atoms with Crippen LogP contribution in [0.2, 0.25) is 0 Å². The first-order valence-electron chi connectivity index (χ1n) is 3.70. The zero-order valence-corrected chi connectivity index (χ0v) is 9.66. The maximum absolute atomic E-state index is 11.2. The number of rotatable bonds is 2. The van der Waals surface area contributed by atoms with Crippen LogP contribution in [0.4, 0.5) is 5.82 Å². The van der Waals surface area contributed by atoms with Crippen molar-refractivity contribution in [2.75, 3.05) is 17.6 Å². The third-order valence-corrected chi connectivity index (χ3v) is 3.72. The molecule has 0 aliphatic rings. The van der Waals surface area contributed by atoms with Crippen LogP contribution in [0.5, 0.6) is 0 Å². The van der Waals surface area contributed by atoms with Crippen molar-refractivity contribution in [3.8, 4) is 0 Å². The normalized spacial score (nSPS) is 11.7. The van der Waals surface area contributed by atoms with Crippen LogP contribution in [-0.4, -0.2) is 26.7 Å². The van der Waals surface area contributed by atoms with Gasteiger partial charge >= 0.3 is 0 Å². The summed E-state index contributed by atoms with van der Waals surface area (Å²) in [4.78, 5) is 5.06. The van der Waals surface area contributed by atoms with Gasteiger partial charge in [-0.15, -0.1) is 11.3 Å². The predicted octanol–water partition coefficient (Wildman–Crippen LogP) is 1.16. The molecule has 1 aromatic heterocycles. The summed E-state index contributed by atoms with van der Waals surface area (Å²) in [6.45, 7) is 3.72. The van der Waals surface area contributed by atoms with Crippen LogP contribution >= 0.6 is 11.3 Å². The highest BCUT2D eigenvalue weighted by molar-refractivity contribution is 7.92. The molecule has 0 fully saturated rings. The Morgan fingerprint density at radius 3 is 2.23 bits per heavy atom. The van der Waals surface area contributed by atoms with Gasteiger partial charge in [-0.3, -0.25) is 4.31 Å². The molecule has 0 bridgehead atoms. The van der Waals surface area contributed by atoms with E-state index in [0.717, 1.165) is 9.88 Å². The Hall–Kier alpha value is -0.620. The SMILES string of the molecule is Cc1nc(N(C)S(C)(=O)=O)c(C)s1. The zero-order valence-electron chi connectivity index (χ0n) is 8.03. The third kappa shape index (κ3) is 2.19. The van der Waals surface area contributed by atoms with E-state index in [4.69, 9.17) is 0 Å². The van der Waals surface area contributed by atoms with Crippen molar-refractivity contribution in [1.29, 1.82) is 0 Å². The van der Waals surface area contributed by atoms with Gasteiger partial charge in [0.05, 0.1) is 11.3 Å². The second-order valence-corrected chi connectivity index (χ2v) is 6.26. The molecule has 1 aromatic rings. The van der Waals surface area contributed by atoms with Crippen molar-refractivity contribution in [3.05, 3.63) is 9.88 Å². The lowest BCUT2D eigenvalue weighted by atomic mass is 10.5. The highest BCUT2D eigenvalue weighted by Crippen LogP contribution is 2.25. The van der Waals surface area contributed by atoms with Gasteiger partial charge in [0, 0.05) is 11.9 Å². The smallest absolute Gasteiger partial charge is 0.233 e. The molecule has 0 aliphatic heterocycles. The van der Waals surface area contributed by atoms with E-state index in [-0.39, 0.29) is 0 Å². The summed E-state index contributed by atoms with van der Waals surface area (Å²) in [6, 6.07) is 0. The first-order chi connectivity index (χ1) is 5.82. The Labute approximate surface area is 82.3 Å². The van der Waals surface area contributed by atoms with Crippen LogP contribution in [0, 0.1) is 13.8 Å². The molecule has 13 heavy (non-hydrogen) atoms. The van der Waals surface area contributed by atoms with Crippen LogP contribution < -0.4 is 4.31 Å². The topological polar surface area (TPSA) is 50.3 Å². The molecule has 74 valence electrons. The molecular formula is C7H12N2O2S2. The molecule has 0 radical (unpaired) electrons. The highest BCUT2D eigenvalue weighted by atomic mass is 32.2. The molecule has 0 unspecified atom stereocenters. The van der Waals surface area contributed by atoms with E-state index >= 15 is 0 Å². The molecule has 6 heteroatoms. The summed E-state index contributed by atoms with van der Waals surface area (Å²) in [5.74, 6) is 0.532. The Morgan fingerprint density at radius 1 is 1.38 bits per heavy atom. The van der Waals surface area contributed by atoms with E-state index in [0.29, 0.717) is 5.82 Å². The molecule has 0 spiro atoms. The number of aromatic nitrogens is 1. The predicted molar refractivity (Wildman–Crippen MR) is 54.8 cm³/mol. The molecule has 0 atom stereocenters. The van der Waals surface area contributed by atoms with Crippen LogP contribution in [0.3, 0.4) is 0 Å². The van der Waals surface area contributed by atoms with Crippen LogP contribution in [0.25, 0.3) is 0 Å². The van der Waals surface area contributed by atoms with E-state index in [1.165, 1.54) is 28.9 Å². The first-order valence-corrected chi connectivity index (χ1v) is 6.37. The monoisotopic (exact) mass is 220 g/mol. The van der Waals surface area contributed by atoms with Gasteiger partial charge < -0.3 is 0 Å². The van der Waals surface area contributed by atoms with Crippen LogP contribution in [0.1, 0.15) is 9.88 Å². The summed E-state index contributed by atoms with van der Waals surface area (Å²) >= 11 is 1.50. The number of aryl methyl sites for hydroxylation is 2. The van der Waals surface area contributed by atoms with Gasteiger partial charge in [0.2, 0.25) is 10.0 Å². The fraction of sp³-hybridized carbons (Fsp3) is 0.571. The summed E-state index contributed by atoms with van der Waals surface area (Å²) in [6.07, 6.45) is 1.17. The Morgan fingerprint density at radius 2 is 1.92 bits per heavy atom. The van der Waals surface area contributed by atoms with Crippen LogP contribution in [0.15, 0.2) is 0 Å². The average molecular weight is 220 g/mol. The van der Waals surface area contributed by atoms with Gasteiger partial charge in [-0.25, -0.2) is 13.4 Å². The molecule has 0 saturated heterocycles. The van der Waals surface area contributed by atoms with Crippen molar-refractivity contribution in [2.45, 2.75) is 13.8 Å². The first kappa shape index (κ1) is 10.5. The summed E-state index contributed by atoms with van der Waals surface area (Å²) in [5.41, 5.74) is 0. The van der Waals surface area contributed by atoms with Gasteiger partial charge in [0.15, 0.2) is 5.82 Å². The Balaban J connectivity index is 3.16. The quantitative estimate of drug-likeness (QED) is 0.751. The zero-order chi connectivity index (χ0) is 10.2. The van der Waals surface area contributed by atoms with Gasteiger partial charge in [0.1, 0.15) is 0 Å². The molecule has 0 saturated carbocycles. The lowest BCUT2D eigenvalue weighted by Gasteiger charge is -2.13. The lowest BCUT2D eigenvalue weighted by molar-refractivity contribution is 0.600. The standard InChI is InChI=1S/C7H12N2O2S2/c1-5-7(8-6(2)12-5)9(3)13(4,10)11/h1-4H3. The van der Waals surface area contributed by atoms with Gasteiger partial charge in [0.25, 0.3) is 0 Å². The van der Waals surface area contributed by atoms with Crippen molar-refractivity contribution in [3.63, 3.8) is 0 Å². The molecule has 0 amide bonds. The number of thiazole rings is 1. The summed E-state index contributed by atoms with van der Waals surface area (Å²) in [7, 11) is -1.68. The second-order valence-electron chi connectivity index (χ2n) is 2.84. The second kappa shape index (κ2) is 3.26. The average Bonchev–Trinajstić information content (AvgIpc) is 2.26. The molecule has 4 nitrogen and oxygen atoms in total. The minimum absolute atomic E-state index is 0.532. The summed E-state index contributed by atoms with van der Waals surface area (Å²) < 4.78 is 23.6. The highest BCUT2D eigenvalue weighted by Gasteiger charge is 2.17. The van der Waals surface area contributed by atoms with Crippen LogP contribution in [-0.2, 0) is 10.0 Å². The molecule has 0 aliphatic carbocycles.